The highest BCUT2D eigenvalue weighted by Crippen LogP contribution is 2.12. The van der Waals surface area contributed by atoms with Gasteiger partial charge in [-0.25, -0.2) is 0 Å². The van der Waals surface area contributed by atoms with Gasteiger partial charge in [-0.05, 0) is 37.1 Å². The largest absolute Gasteiger partial charge is 0.326 e. The Morgan fingerprint density at radius 2 is 2.19 bits per heavy atom. The smallest absolute Gasteiger partial charge is 0.241 e. The Balaban J connectivity index is 1.94. The molecule has 1 aromatic carbocycles. The molecule has 16 heavy (non-hydrogen) atoms. The predicted octanol–water partition coefficient (Wildman–Crippen LogP) is 0.836. The fourth-order valence-electron chi connectivity index (χ4n) is 1.86. The normalized spacial score (nSPS) is 19.7. The topological polar surface area (TPSA) is 67.1 Å². The van der Waals surface area contributed by atoms with Crippen molar-refractivity contribution in [1.82, 2.24) is 5.32 Å². The van der Waals surface area contributed by atoms with E-state index in [0.29, 0.717) is 6.54 Å². The van der Waals surface area contributed by atoms with Crippen LogP contribution in [-0.4, -0.2) is 18.5 Å². The SMILES string of the molecule is NCc1ccc(NC(=O)[C@H]2CCCN2)cc1. The molecule has 0 unspecified atom stereocenters. The first-order valence-electron chi connectivity index (χ1n) is 5.63. The van der Waals surface area contributed by atoms with Gasteiger partial charge in [0.05, 0.1) is 6.04 Å². The van der Waals surface area contributed by atoms with E-state index in [1.54, 1.807) is 0 Å². The summed E-state index contributed by atoms with van der Waals surface area (Å²) in [4.78, 5) is 11.8. The molecule has 1 amide bonds. The summed E-state index contributed by atoms with van der Waals surface area (Å²) in [5.74, 6) is 0.0537. The molecule has 4 N–H and O–H groups in total. The first-order chi connectivity index (χ1) is 7.79. The fraction of sp³-hybridized carbons (Fsp3) is 0.417. The lowest BCUT2D eigenvalue weighted by Gasteiger charge is -2.11. The number of anilines is 1. The molecule has 1 fully saturated rings. The molecule has 1 saturated heterocycles. The van der Waals surface area contributed by atoms with Gasteiger partial charge in [-0.2, -0.15) is 0 Å². The molecule has 0 bridgehead atoms. The number of hydrogen-bond acceptors (Lipinski definition) is 3. The molecule has 86 valence electrons. The Kier molecular flexibility index (Phi) is 3.54. The minimum atomic E-state index is -0.0332. The number of carbonyl (C=O) groups is 1. The maximum atomic E-state index is 11.8. The van der Waals surface area contributed by atoms with E-state index in [2.05, 4.69) is 10.6 Å². The van der Waals surface area contributed by atoms with Crippen LogP contribution in [0.15, 0.2) is 24.3 Å². The van der Waals surface area contributed by atoms with Gasteiger partial charge in [0, 0.05) is 12.2 Å². The van der Waals surface area contributed by atoms with E-state index >= 15 is 0 Å². The van der Waals surface area contributed by atoms with Crippen molar-refractivity contribution in [2.75, 3.05) is 11.9 Å². The van der Waals surface area contributed by atoms with Crippen LogP contribution in [-0.2, 0) is 11.3 Å². The van der Waals surface area contributed by atoms with Gasteiger partial charge in [-0.3, -0.25) is 4.79 Å². The van der Waals surface area contributed by atoms with Crippen LogP contribution < -0.4 is 16.4 Å². The monoisotopic (exact) mass is 219 g/mol. The van der Waals surface area contributed by atoms with Crippen molar-refractivity contribution in [3.8, 4) is 0 Å². The maximum absolute atomic E-state index is 11.8. The zero-order valence-electron chi connectivity index (χ0n) is 9.20. The Morgan fingerprint density at radius 3 is 2.75 bits per heavy atom. The lowest BCUT2D eigenvalue weighted by atomic mass is 10.2. The summed E-state index contributed by atoms with van der Waals surface area (Å²) in [7, 11) is 0. The zero-order valence-corrected chi connectivity index (χ0v) is 9.20. The van der Waals surface area contributed by atoms with Gasteiger partial charge in [0.15, 0.2) is 0 Å². The van der Waals surface area contributed by atoms with Gasteiger partial charge in [0.25, 0.3) is 0 Å². The van der Waals surface area contributed by atoms with Crippen molar-refractivity contribution in [2.45, 2.75) is 25.4 Å². The molecule has 4 nitrogen and oxygen atoms in total. The third kappa shape index (κ3) is 2.59. The van der Waals surface area contributed by atoms with Crippen LogP contribution in [0.2, 0.25) is 0 Å². The second kappa shape index (κ2) is 5.09. The van der Waals surface area contributed by atoms with E-state index in [9.17, 15) is 4.79 Å². The van der Waals surface area contributed by atoms with E-state index in [1.807, 2.05) is 24.3 Å². The Bertz CT molecular complexity index is 355. The summed E-state index contributed by atoms with van der Waals surface area (Å²) in [6, 6.07) is 7.59. The van der Waals surface area contributed by atoms with E-state index in [0.717, 1.165) is 30.6 Å². The number of nitrogens with one attached hydrogen (secondary N) is 2. The third-order valence-corrected chi connectivity index (χ3v) is 2.83. The first kappa shape index (κ1) is 11.1. The van der Waals surface area contributed by atoms with E-state index in [4.69, 9.17) is 5.73 Å². The molecular formula is C12H17N3O. The predicted molar refractivity (Wildman–Crippen MR) is 64.0 cm³/mol. The minimum absolute atomic E-state index is 0.0332. The average molecular weight is 219 g/mol. The van der Waals surface area contributed by atoms with Gasteiger partial charge in [-0.15, -0.1) is 0 Å². The van der Waals surface area contributed by atoms with Gasteiger partial charge < -0.3 is 16.4 Å². The molecule has 0 aliphatic carbocycles. The van der Waals surface area contributed by atoms with Crippen molar-refractivity contribution in [1.29, 1.82) is 0 Å². The lowest BCUT2D eigenvalue weighted by Crippen LogP contribution is -2.35. The molecule has 2 rings (SSSR count). The van der Waals surface area contributed by atoms with Crippen molar-refractivity contribution >= 4 is 11.6 Å². The lowest BCUT2D eigenvalue weighted by molar-refractivity contribution is -0.117. The Morgan fingerprint density at radius 1 is 1.44 bits per heavy atom. The molecule has 1 heterocycles. The standard InChI is InChI=1S/C12H17N3O/c13-8-9-3-5-10(6-4-9)15-12(16)11-2-1-7-14-11/h3-6,11,14H,1-2,7-8,13H2,(H,15,16)/t11-/m1/s1. The number of rotatable bonds is 3. The van der Waals surface area contributed by atoms with Crippen LogP contribution in [0.25, 0.3) is 0 Å². The summed E-state index contributed by atoms with van der Waals surface area (Å²) in [6.45, 7) is 1.46. The van der Waals surface area contributed by atoms with Crippen molar-refractivity contribution < 1.29 is 4.79 Å². The van der Waals surface area contributed by atoms with Crippen LogP contribution in [0.5, 0.6) is 0 Å². The molecule has 4 heteroatoms. The Hall–Kier alpha value is -1.39. The molecule has 0 aromatic heterocycles. The molecule has 0 spiro atoms. The minimum Gasteiger partial charge on any atom is -0.326 e. The number of benzene rings is 1. The van der Waals surface area contributed by atoms with Crippen LogP contribution in [0, 0.1) is 0 Å². The first-order valence-corrected chi connectivity index (χ1v) is 5.63. The molecule has 0 radical (unpaired) electrons. The highest BCUT2D eigenvalue weighted by molar-refractivity contribution is 5.94. The summed E-state index contributed by atoms with van der Waals surface area (Å²) in [6.07, 6.45) is 2.00. The summed E-state index contributed by atoms with van der Waals surface area (Å²) in [5.41, 5.74) is 7.40. The van der Waals surface area contributed by atoms with E-state index in [-0.39, 0.29) is 11.9 Å². The summed E-state index contributed by atoms with van der Waals surface area (Å²) < 4.78 is 0. The number of nitrogens with two attached hydrogens (primary N) is 1. The van der Waals surface area contributed by atoms with Crippen LogP contribution in [0.3, 0.4) is 0 Å². The summed E-state index contributed by atoms with van der Waals surface area (Å²) in [5, 5.41) is 6.06. The third-order valence-electron chi connectivity index (χ3n) is 2.83. The highest BCUT2D eigenvalue weighted by atomic mass is 16.2. The van der Waals surface area contributed by atoms with Crippen molar-refractivity contribution in [3.05, 3.63) is 29.8 Å². The second-order valence-corrected chi connectivity index (χ2v) is 4.04. The fourth-order valence-corrected chi connectivity index (χ4v) is 1.86. The average Bonchev–Trinajstić information content (AvgIpc) is 2.83. The highest BCUT2D eigenvalue weighted by Gasteiger charge is 2.21. The molecule has 1 aliphatic rings. The summed E-state index contributed by atoms with van der Waals surface area (Å²) >= 11 is 0. The second-order valence-electron chi connectivity index (χ2n) is 4.04. The maximum Gasteiger partial charge on any atom is 0.241 e. The van der Waals surface area contributed by atoms with Crippen LogP contribution >= 0.6 is 0 Å². The van der Waals surface area contributed by atoms with E-state index < -0.39 is 0 Å². The van der Waals surface area contributed by atoms with E-state index in [1.165, 1.54) is 0 Å². The molecule has 0 saturated carbocycles. The van der Waals surface area contributed by atoms with Crippen molar-refractivity contribution in [3.63, 3.8) is 0 Å². The molecule has 1 atom stereocenters. The van der Waals surface area contributed by atoms with Crippen LogP contribution in [0.1, 0.15) is 18.4 Å². The van der Waals surface area contributed by atoms with Crippen molar-refractivity contribution in [2.24, 2.45) is 5.73 Å². The van der Waals surface area contributed by atoms with Gasteiger partial charge in [0.1, 0.15) is 0 Å². The number of amides is 1. The molecule has 1 aromatic rings. The molecular weight excluding hydrogens is 202 g/mol. The number of carbonyl (C=O) groups excluding carboxylic acids is 1. The van der Waals surface area contributed by atoms with Gasteiger partial charge >= 0.3 is 0 Å². The molecule has 1 aliphatic heterocycles. The quantitative estimate of drug-likeness (QED) is 0.705. The zero-order chi connectivity index (χ0) is 11.4. The number of hydrogen-bond donors (Lipinski definition) is 3. The van der Waals surface area contributed by atoms with Crippen LogP contribution in [0.4, 0.5) is 5.69 Å². The van der Waals surface area contributed by atoms with Gasteiger partial charge in [0.2, 0.25) is 5.91 Å². The Labute approximate surface area is 95.2 Å². The van der Waals surface area contributed by atoms with Gasteiger partial charge in [-0.1, -0.05) is 12.1 Å².